The predicted molar refractivity (Wildman–Crippen MR) is 91.8 cm³/mol. The average Bonchev–Trinajstić information content (AvgIpc) is 2.95. The minimum Gasteiger partial charge on any atom is -0.369 e. The number of imidazole rings is 1. The van der Waals surface area contributed by atoms with Crippen molar-refractivity contribution in [2.45, 2.75) is 19.3 Å². The van der Waals surface area contributed by atoms with Crippen molar-refractivity contribution in [3.05, 3.63) is 24.5 Å². The standard InChI is InChI=1S/C16H24N4OSi/c1-18-5-7-19(8-6-18)14-3-4-16-15(11-14)17-12-20(16)13-21-9-10-22-2/h3-4,11-12H,5-10,13H2,1-2H3. The number of ether oxygens (including phenoxy) is 1. The van der Waals surface area contributed by atoms with Gasteiger partial charge in [0.1, 0.15) is 6.73 Å². The van der Waals surface area contributed by atoms with Crippen molar-refractivity contribution in [3.8, 4) is 0 Å². The Morgan fingerprint density at radius 1 is 1.23 bits per heavy atom. The van der Waals surface area contributed by atoms with Crippen LogP contribution in [0.4, 0.5) is 5.69 Å². The van der Waals surface area contributed by atoms with Gasteiger partial charge in [0.2, 0.25) is 0 Å². The Morgan fingerprint density at radius 2 is 2.05 bits per heavy atom. The van der Waals surface area contributed by atoms with Gasteiger partial charge in [-0.2, -0.15) is 0 Å². The highest BCUT2D eigenvalue weighted by atomic mass is 28.2. The van der Waals surface area contributed by atoms with E-state index < -0.39 is 0 Å². The van der Waals surface area contributed by atoms with Gasteiger partial charge in [-0.25, -0.2) is 4.98 Å². The van der Waals surface area contributed by atoms with Crippen molar-refractivity contribution in [2.24, 2.45) is 0 Å². The minimum atomic E-state index is 0.592. The largest absolute Gasteiger partial charge is 0.369 e. The molecule has 1 aliphatic heterocycles. The fraction of sp³-hybridized carbons (Fsp3) is 0.562. The summed E-state index contributed by atoms with van der Waals surface area (Å²) in [7, 11) is 3.14. The molecule has 0 N–H and O–H groups in total. The Hall–Kier alpha value is -1.37. The van der Waals surface area contributed by atoms with E-state index >= 15 is 0 Å². The van der Waals surface area contributed by atoms with E-state index in [2.05, 4.69) is 51.1 Å². The molecule has 1 aliphatic rings. The van der Waals surface area contributed by atoms with Gasteiger partial charge in [-0.3, -0.25) is 0 Å². The average molecular weight is 316 g/mol. The molecule has 0 bridgehead atoms. The van der Waals surface area contributed by atoms with E-state index in [4.69, 9.17) is 4.74 Å². The molecule has 3 rings (SSSR count). The van der Waals surface area contributed by atoms with Crippen LogP contribution in [0.2, 0.25) is 12.6 Å². The van der Waals surface area contributed by atoms with Crippen LogP contribution >= 0.6 is 0 Å². The van der Waals surface area contributed by atoms with Gasteiger partial charge >= 0.3 is 0 Å². The molecule has 118 valence electrons. The maximum absolute atomic E-state index is 5.70. The third kappa shape index (κ3) is 3.51. The van der Waals surface area contributed by atoms with Crippen LogP contribution in [-0.4, -0.2) is 63.8 Å². The summed E-state index contributed by atoms with van der Waals surface area (Å²) in [6, 6.07) is 7.71. The summed E-state index contributed by atoms with van der Waals surface area (Å²) in [5.41, 5.74) is 3.48. The van der Waals surface area contributed by atoms with Gasteiger partial charge < -0.3 is 19.1 Å². The first-order valence-corrected chi connectivity index (χ1v) is 9.59. The first-order valence-electron chi connectivity index (χ1n) is 7.88. The predicted octanol–water partition coefficient (Wildman–Crippen LogP) is 1.93. The molecule has 1 aromatic heterocycles. The third-order valence-corrected chi connectivity index (χ3v) is 4.90. The zero-order valence-electron chi connectivity index (χ0n) is 13.5. The van der Waals surface area contributed by atoms with Gasteiger partial charge in [0, 0.05) is 48.0 Å². The summed E-state index contributed by atoms with van der Waals surface area (Å²) < 4.78 is 7.78. The second-order valence-corrected chi connectivity index (χ2v) is 7.03. The highest BCUT2D eigenvalue weighted by Crippen LogP contribution is 2.22. The van der Waals surface area contributed by atoms with Gasteiger partial charge in [-0.1, -0.05) is 6.55 Å². The van der Waals surface area contributed by atoms with E-state index in [0.29, 0.717) is 6.73 Å². The Morgan fingerprint density at radius 3 is 2.82 bits per heavy atom. The number of anilines is 1. The molecular formula is C16H24N4OSi. The van der Waals surface area contributed by atoms with Crippen LogP contribution in [0.15, 0.2) is 24.5 Å². The number of benzene rings is 1. The van der Waals surface area contributed by atoms with E-state index in [-0.39, 0.29) is 0 Å². The number of aromatic nitrogens is 2. The second-order valence-electron chi connectivity index (χ2n) is 5.82. The van der Waals surface area contributed by atoms with Crippen molar-refractivity contribution in [2.75, 3.05) is 44.7 Å². The molecule has 2 aromatic rings. The lowest BCUT2D eigenvalue weighted by Gasteiger charge is -2.34. The lowest BCUT2D eigenvalue weighted by molar-refractivity contribution is 0.0905. The number of rotatable bonds is 6. The van der Waals surface area contributed by atoms with Gasteiger partial charge in [-0.15, -0.1) is 0 Å². The van der Waals surface area contributed by atoms with Crippen LogP contribution in [0.3, 0.4) is 0 Å². The van der Waals surface area contributed by atoms with Crippen LogP contribution in [0.25, 0.3) is 11.0 Å². The fourth-order valence-electron chi connectivity index (χ4n) is 2.75. The highest BCUT2D eigenvalue weighted by molar-refractivity contribution is 6.33. The summed E-state index contributed by atoms with van der Waals surface area (Å²) >= 11 is 0. The fourth-order valence-corrected chi connectivity index (χ4v) is 3.10. The molecule has 5 nitrogen and oxygen atoms in total. The number of piperazine rings is 1. The molecule has 22 heavy (non-hydrogen) atoms. The summed E-state index contributed by atoms with van der Waals surface area (Å²) in [5, 5.41) is 0. The molecule has 0 spiro atoms. The van der Waals surface area contributed by atoms with Crippen molar-refractivity contribution in [1.29, 1.82) is 0 Å². The van der Waals surface area contributed by atoms with Crippen molar-refractivity contribution < 1.29 is 4.74 Å². The van der Waals surface area contributed by atoms with Crippen molar-refractivity contribution in [3.63, 3.8) is 0 Å². The molecule has 6 heteroatoms. The first-order chi connectivity index (χ1) is 10.8. The summed E-state index contributed by atoms with van der Waals surface area (Å²) in [5.74, 6) is 0. The molecular weight excluding hydrogens is 292 g/mol. The molecule has 1 fully saturated rings. The maximum atomic E-state index is 5.70. The van der Waals surface area contributed by atoms with Crippen LogP contribution < -0.4 is 4.90 Å². The molecule has 1 aromatic carbocycles. The van der Waals surface area contributed by atoms with Crippen molar-refractivity contribution >= 4 is 26.2 Å². The highest BCUT2D eigenvalue weighted by Gasteiger charge is 2.15. The van der Waals surface area contributed by atoms with Crippen LogP contribution in [0.1, 0.15) is 0 Å². The smallest absolute Gasteiger partial charge is 0.124 e. The van der Waals surface area contributed by atoms with Crippen LogP contribution in [0, 0.1) is 0 Å². The SMILES string of the molecule is C[Si]CCOCn1cnc2cc(N3CCN(C)CC3)ccc21. The van der Waals surface area contributed by atoms with E-state index in [1.54, 1.807) is 0 Å². The molecule has 2 heterocycles. The number of hydrogen-bond donors (Lipinski definition) is 0. The minimum absolute atomic E-state index is 0.592. The first kappa shape index (κ1) is 15.5. The zero-order valence-corrected chi connectivity index (χ0v) is 14.5. The lowest BCUT2D eigenvalue weighted by Crippen LogP contribution is -2.44. The Bertz CT molecular complexity index is 607. The molecule has 0 saturated carbocycles. The normalized spacial score (nSPS) is 16.5. The Kier molecular flexibility index (Phi) is 5.12. The quantitative estimate of drug-likeness (QED) is 0.602. The van der Waals surface area contributed by atoms with E-state index in [0.717, 1.165) is 59.4 Å². The second kappa shape index (κ2) is 7.26. The molecule has 0 amide bonds. The number of fused-ring (bicyclic) bond motifs is 1. The Labute approximate surface area is 134 Å². The van der Waals surface area contributed by atoms with Gasteiger partial charge in [0.05, 0.1) is 17.4 Å². The van der Waals surface area contributed by atoms with Gasteiger partial charge in [-0.05, 0) is 31.3 Å². The number of nitrogens with zero attached hydrogens (tertiary/aromatic N) is 4. The van der Waals surface area contributed by atoms with Crippen molar-refractivity contribution in [1.82, 2.24) is 14.5 Å². The molecule has 1 saturated heterocycles. The number of likely N-dealkylation sites (N-methyl/N-ethyl adjacent to an activating group) is 1. The molecule has 2 radical (unpaired) electrons. The van der Waals surface area contributed by atoms with E-state index in [1.165, 1.54) is 5.69 Å². The van der Waals surface area contributed by atoms with Gasteiger partial charge in [0.15, 0.2) is 0 Å². The number of hydrogen-bond acceptors (Lipinski definition) is 4. The van der Waals surface area contributed by atoms with Crippen LogP contribution in [-0.2, 0) is 11.5 Å². The summed E-state index contributed by atoms with van der Waals surface area (Å²) in [6.07, 6.45) is 1.88. The van der Waals surface area contributed by atoms with Crippen LogP contribution in [0.5, 0.6) is 0 Å². The molecule has 0 unspecified atom stereocenters. The summed E-state index contributed by atoms with van der Waals surface area (Å²) in [6.45, 7) is 8.04. The third-order valence-electron chi connectivity index (χ3n) is 4.20. The summed E-state index contributed by atoms with van der Waals surface area (Å²) in [4.78, 5) is 9.35. The van der Waals surface area contributed by atoms with Gasteiger partial charge in [0.25, 0.3) is 0 Å². The Balaban J connectivity index is 1.69. The van der Waals surface area contributed by atoms with E-state index in [9.17, 15) is 0 Å². The lowest BCUT2D eigenvalue weighted by atomic mass is 10.2. The molecule has 0 aliphatic carbocycles. The maximum Gasteiger partial charge on any atom is 0.124 e. The monoisotopic (exact) mass is 316 g/mol. The molecule has 0 atom stereocenters. The van der Waals surface area contributed by atoms with E-state index in [1.807, 2.05) is 6.33 Å². The zero-order chi connectivity index (χ0) is 15.4. The topological polar surface area (TPSA) is 33.5 Å².